The number of amides is 2. The summed E-state index contributed by atoms with van der Waals surface area (Å²) in [5.41, 5.74) is 1.54. The molecule has 0 bridgehead atoms. The second-order valence-corrected chi connectivity index (χ2v) is 4.96. The highest BCUT2D eigenvalue weighted by Crippen LogP contribution is 2.04. The smallest absolute Gasteiger partial charge is 0.251 e. The third-order valence-corrected chi connectivity index (χ3v) is 3.00. The monoisotopic (exact) mass is 308 g/mol. The number of nitrogens with one attached hydrogen (secondary N) is 2. The first-order valence-corrected chi connectivity index (χ1v) is 7.26. The van der Waals surface area contributed by atoms with Gasteiger partial charge in [0.2, 0.25) is 5.91 Å². The number of benzene rings is 1. The van der Waals surface area contributed by atoms with Crippen molar-refractivity contribution in [1.82, 2.24) is 10.6 Å². The molecule has 2 N–H and O–H groups in total. The fraction of sp³-hybridized carbons (Fsp3) is 0.500. The number of hydrogen-bond acceptors (Lipinski definition) is 4. The Morgan fingerprint density at radius 1 is 1.23 bits per heavy atom. The van der Waals surface area contributed by atoms with Crippen LogP contribution in [0.1, 0.15) is 22.8 Å². The van der Waals surface area contributed by atoms with Crippen molar-refractivity contribution in [1.29, 1.82) is 0 Å². The number of carbonyl (C=O) groups is 2. The molecule has 0 aliphatic carbocycles. The second kappa shape index (κ2) is 9.92. The number of rotatable bonds is 9. The summed E-state index contributed by atoms with van der Waals surface area (Å²) >= 11 is 0. The summed E-state index contributed by atoms with van der Waals surface area (Å²) in [5.74, 6) is -0.501. The van der Waals surface area contributed by atoms with E-state index >= 15 is 0 Å². The molecule has 0 aliphatic heterocycles. The van der Waals surface area contributed by atoms with Gasteiger partial charge in [0.15, 0.2) is 0 Å². The van der Waals surface area contributed by atoms with Gasteiger partial charge in [-0.3, -0.25) is 9.59 Å². The maximum absolute atomic E-state index is 12.0. The zero-order valence-electron chi connectivity index (χ0n) is 13.3. The minimum Gasteiger partial charge on any atom is -0.382 e. The molecule has 2 amide bonds. The minimum atomic E-state index is -0.605. The molecule has 6 heteroatoms. The molecule has 1 atom stereocenters. The van der Waals surface area contributed by atoms with Crippen molar-refractivity contribution in [3.05, 3.63) is 35.4 Å². The fourth-order valence-electron chi connectivity index (χ4n) is 1.78. The zero-order valence-corrected chi connectivity index (χ0v) is 13.3. The van der Waals surface area contributed by atoms with Gasteiger partial charge in [0, 0.05) is 19.2 Å². The summed E-state index contributed by atoms with van der Waals surface area (Å²) in [7, 11) is 1.60. The van der Waals surface area contributed by atoms with Gasteiger partial charge in [0.05, 0.1) is 19.8 Å². The van der Waals surface area contributed by atoms with E-state index in [1.54, 1.807) is 26.2 Å². The van der Waals surface area contributed by atoms with Gasteiger partial charge < -0.3 is 20.1 Å². The summed E-state index contributed by atoms with van der Waals surface area (Å²) in [6.45, 7) is 5.38. The van der Waals surface area contributed by atoms with Gasteiger partial charge in [-0.05, 0) is 26.0 Å². The van der Waals surface area contributed by atoms with Crippen molar-refractivity contribution in [2.24, 2.45) is 0 Å². The highest BCUT2D eigenvalue weighted by molar-refractivity contribution is 5.97. The number of hydrogen-bond donors (Lipinski definition) is 2. The van der Waals surface area contributed by atoms with Crippen molar-refractivity contribution in [2.45, 2.75) is 19.9 Å². The zero-order chi connectivity index (χ0) is 16.4. The lowest BCUT2D eigenvalue weighted by atomic mass is 10.1. The number of ether oxygens (including phenoxy) is 2. The third-order valence-electron chi connectivity index (χ3n) is 3.00. The molecule has 0 spiro atoms. The maximum atomic E-state index is 12.0. The van der Waals surface area contributed by atoms with E-state index in [4.69, 9.17) is 9.47 Å². The van der Waals surface area contributed by atoms with Crippen molar-refractivity contribution in [2.75, 3.05) is 33.5 Å². The highest BCUT2D eigenvalue weighted by atomic mass is 16.5. The van der Waals surface area contributed by atoms with Gasteiger partial charge in [0.1, 0.15) is 6.04 Å². The standard InChI is InChI=1S/C16H24N2O4/c1-12-5-4-6-14(11-12)16(20)18-13(2)15(19)17-7-8-22-10-9-21-3/h4-6,11,13H,7-10H2,1-3H3,(H,17,19)(H,18,20). The van der Waals surface area contributed by atoms with Crippen molar-refractivity contribution < 1.29 is 19.1 Å². The summed E-state index contributed by atoms with van der Waals surface area (Å²) in [6.07, 6.45) is 0. The Morgan fingerprint density at radius 3 is 2.68 bits per heavy atom. The van der Waals surface area contributed by atoms with Crippen LogP contribution in [0.4, 0.5) is 0 Å². The molecule has 1 rings (SSSR count). The molecule has 1 unspecified atom stereocenters. The molecule has 122 valence electrons. The van der Waals surface area contributed by atoms with E-state index in [9.17, 15) is 9.59 Å². The molecule has 6 nitrogen and oxygen atoms in total. The van der Waals surface area contributed by atoms with Crippen LogP contribution in [-0.4, -0.2) is 51.3 Å². The lowest BCUT2D eigenvalue weighted by molar-refractivity contribution is -0.122. The van der Waals surface area contributed by atoms with E-state index < -0.39 is 6.04 Å². The third kappa shape index (κ3) is 6.69. The average Bonchev–Trinajstić information content (AvgIpc) is 2.50. The quantitative estimate of drug-likeness (QED) is 0.664. The molecule has 22 heavy (non-hydrogen) atoms. The Morgan fingerprint density at radius 2 is 2.00 bits per heavy atom. The number of aryl methyl sites for hydroxylation is 1. The van der Waals surface area contributed by atoms with E-state index in [-0.39, 0.29) is 11.8 Å². The van der Waals surface area contributed by atoms with Gasteiger partial charge in [-0.1, -0.05) is 17.7 Å². The minimum absolute atomic E-state index is 0.239. The summed E-state index contributed by atoms with van der Waals surface area (Å²) in [6, 6.07) is 6.62. The number of methoxy groups -OCH3 is 1. The Hall–Kier alpha value is -1.92. The Bertz CT molecular complexity index is 491. The predicted octanol–water partition coefficient (Wildman–Crippen LogP) is 0.893. The van der Waals surface area contributed by atoms with E-state index in [0.29, 0.717) is 31.9 Å². The molecule has 0 aromatic heterocycles. The molecular weight excluding hydrogens is 284 g/mol. The fourth-order valence-corrected chi connectivity index (χ4v) is 1.78. The average molecular weight is 308 g/mol. The van der Waals surface area contributed by atoms with Crippen molar-refractivity contribution >= 4 is 11.8 Å². The van der Waals surface area contributed by atoms with Gasteiger partial charge in [0.25, 0.3) is 5.91 Å². The first kappa shape index (κ1) is 18.1. The highest BCUT2D eigenvalue weighted by Gasteiger charge is 2.16. The topological polar surface area (TPSA) is 76.7 Å². The first-order chi connectivity index (χ1) is 10.5. The maximum Gasteiger partial charge on any atom is 0.251 e. The van der Waals surface area contributed by atoms with Gasteiger partial charge in [-0.15, -0.1) is 0 Å². The molecule has 1 aromatic rings. The molecule has 0 heterocycles. The molecule has 0 radical (unpaired) electrons. The molecule has 0 fully saturated rings. The first-order valence-electron chi connectivity index (χ1n) is 7.26. The van der Waals surface area contributed by atoms with Crippen LogP contribution in [0.5, 0.6) is 0 Å². The van der Waals surface area contributed by atoms with Crippen molar-refractivity contribution in [3.8, 4) is 0 Å². The SMILES string of the molecule is COCCOCCNC(=O)C(C)NC(=O)c1cccc(C)c1. The molecule has 0 saturated carbocycles. The van der Waals surface area contributed by atoms with E-state index in [1.165, 1.54) is 0 Å². The Balaban J connectivity index is 2.30. The van der Waals surface area contributed by atoms with Crippen LogP contribution in [0, 0.1) is 6.92 Å². The van der Waals surface area contributed by atoms with E-state index in [0.717, 1.165) is 5.56 Å². The van der Waals surface area contributed by atoms with Crippen LogP contribution >= 0.6 is 0 Å². The van der Waals surface area contributed by atoms with Crippen LogP contribution in [0.3, 0.4) is 0 Å². The summed E-state index contributed by atoms with van der Waals surface area (Å²) < 4.78 is 10.1. The normalized spacial score (nSPS) is 11.8. The van der Waals surface area contributed by atoms with Crippen LogP contribution in [-0.2, 0) is 14.3 Å². The van der Waals surface area contributed by atoms with Crippen LogP contribution in [0.15, 0.2) is 24.3 Å². The number of carbonyl (C=O) groups excluding carboxylic acids is 2. The summed E-state index contributed by atoms with van der Waals surface area (Å²) in [5, 5.41) is 5.38. The molecular formula is C16H24N2O4. The van der Waals surface area contributed by atoms with Crippen LogP contribution in [0.25, 0.3) is 0 Å². The van der Waals surface area contributed by atoms with Gasteiger partial charge in [-0.2, -0.15) is 0 Å². The lowest BCUT2D eigenvalue weighted by Crippen LogP contribution is -2.45. The van der Waals surface area contributed by atoms with Gasteiger partial charge in [-0.25, -0.2) is 0 Å². The Kier molecular flexibility index (Phi) is 8.17. The molecule has 1 aromatic carbocycles. The van der Waals surface area contributed by atoms with E-state index in [1.807, 2.05) is 19.1 Å². The lowest BCUT2D eigenvalue weighted by Gasteiger charge is -2.14. The largest absolute Gasteiger partial charge is 0.382 e. The Labute approximate surface area is 131 Å². The van der Waals surface area contributed by atoms with Crippen molar-refractivity contribution in [3.63, 3.8) is 0 Å². The second-order valence-electron chi connectivity index (χ2n) is 4.96. The van der Waals surface area contributed by atoms with E-state index in [2.05, 4.69) is 10.6 Å². The molecule has 0 saturated heterocycles. The summed E-state index contributed by atoms with van der Waals surface area (Å²) in [4.78, 5) is 23.9. The predicted molar refractivity (Wildman–Crippen MR) is 83.8 cm³/mol. The van der Waals surface area contributed by atoms with Crippen LogP contribution < -0.4 is 10.6 Å². The molecule has 0 aliphatic rings. The van der Waals surface area contributed by atoms with Gasteiger partial charge >= 0.3 is 0 Å². The van der Waals surface area contributed by atoms with Crippen LogP contribution in [0.2, 0.25) is 0 Å².